The van der Waals surface area contributed by atoms with Crippen LogP contribution in [-0.2, 0) is 13.0 Å². The molecule has 1 aromatic carbocycles. The maximum Gasteiger partial charge on any atom is 0.315 e. The standard InChI is InChI=1S/C16H22N2O3S/c1-10-3-12-4-14(20-2)13(5-15(12)21-10)7-18-16(19)17-6-11-8-22-9-11/h4-5,10-11H,3,6-9H2,1-2H3,(H2,17,18,19). The Labute approximate surface area is 135 Å². The summed E-state index contributed by atoms with van der Waals surface area (Å²) >= 11 is 1.92. The maximum absolute atomic E-state index is 11.8. The van der Waals surface area contributed by atoms with E-state index in [1.54, 1.807) is 7.11 Å². The minimum absolute atomic E-state index is 0.131. The Morgan fingerprint density at radius 1 is 1.41 bits per heavy atom. The van der Waals surface area contributed by atoms with Gasteiger partial charge in [-0.3, -0.25) is 0 Å². The van der Waals surface area contributed by atoms with Crippen LogP contribution in [0, 0.1) is 5.92 Å². The minimum atomic E-state index is -0.131. The maximum atomic E-state index is 11.8. The lowest BCUT2D eigenvalue weighted by atomic mass is 10.1. The third kappa shape index (κ3) is 3.43. The average Bonchev–Trinajstić information content (AvgIpc) is 2.81. The molecule has 0 radical (unpaired) electrons. The van der Waals surface area contributed by atoms with Crippen LogP contribution in [0.1, 0.15) is 18.1 Å². The SMILES string of the molecule is COc1cc2c(cc1CNC(=O)NCC1CSC1)OC(C)C2. The molecule has 0 bridgehead atoms. The van der Waals surface area contributed by atoms with Gasteiger partial charge >= 0.3 is 6.03 Å². The van der Waals surface area contributed by atoms with Crippen LogP contribution in [0.3, 0.4) is 0 Å². The summed E-state index contributed by atoms with van der Waals surface area (Å²) in [4.78, 5) is 11.8. The summed E-state index contributed by atoms with van der Waals surface area (Å²) < 4.78 is 11.2. The van der Waals surface area contributed by atoms with E-state index in [-0.39, 0.29) is 12.1 Å². The van der Waals surface area contributed by atoms with E-state index in [9.17, 15) is 4.79 Å². The van der Waals surface area contributed by atoms with Crippen LogP contribution in [0.25, 0.3) is 0 Å². The largest absolute Gasteiger partial charge is 0.496 e. The molecule has 5 nitrogen and oxygen atoms in total. The number of benzene rings is 1. The van der Waals surface area contributed by atoms with E-state index >= 15 is 0 Å². The van der Waals surface area contributed by atoms with Crippen molar-refractivity contribution in [2.45, 2.75) is 26.0 Å². The fraction of sp³-hybridized carbons (Fsp3) is 0.562. The molecule has 2 aliphatic rings. The Balaban J connectivity index is 1.57. The van der Waals surface area contributed by atoms with E-state index in [4.69, 9.17) is 9.47 Å². The van der Waals surface area contributed by atoms with E-state index in [1.165, 1.54) is 5.56 Å². The second kappa shape index (κ2) is 6.69. The molecule has 1 saturated heterocycles. The highest BCUT2D eigenvalue weighted by atomic mass is 32.2. The number of amides is 2. The first-order valence-electron chi connectivity index (χ1n) is 7.61. The predicted molar refractivity (Wildman–Crippen MR) is 87.8 cm³/mol. The van der Waals surface area contributed by atoms with Gasteiger partial charge in [-0.15, -0.1) is 0 Å². The highest BCUT2D eigenvalue weighted by Crippen LogP contribution is 2.34. The van der Waals surface area contributed by atoms with Crippen molar-refractivity contribution in [3.05, 3.63) is 23.3 Å². The molecule has 120 valence electrons. The Hall–Kier alpha value is -1.56. The summed E-state index contributed by atoms with van der Waals surface area (Å²) in [6.45, 7) is 3.23. The van der Waals surface area contributed by atoms with Crippen molar-refractivity contribution in [2.24, 2.45) is 5.92 Å². The third-order valence-electron chi connectivity index (χ3n) is 4.00. The van der Waals surface area contributed by atoms with E-state index in [0.29, 0.717) is 12.5 Å². The van der Waals surface area contributed by atoms with Gasteiger partial charge in [0.05, 0.1) is 7.11 Å². The highest BCUT2D eigenvalue weighted by molar-refractivity contribution is 8.00. The average molecular weight is 322 g/mol. The molecule has 1 unspecified atom stereocenters. The lowest BCUT2D eigenvalue weighted by molar-refractivity contribution is 0.239. The molecule has 2 N–H and O–H groups in total. The summed E-state index contributed by atoms with van der Waals surface area (Å²) in [5.74, 6) is 4.62. The van der Waals surface area contributed by atoms with Crippen LogP contribution >= 0.6 is 11.8 Å². The molecule has 0 spiro atoms. The van der Waals surface area contributed by atoms with Crippen molar-refractivity contribution < 1.29 is 14.3 Å². The Kier molecular flexibility index (Phi) is 4.66. The number of hydrogen-bond acceptors (Lipinski definition) is 4. The van der Waals surface area contributed by atoms with Crippen LogP contribution in [0.15, 0.2) is 12.1 Å². The number of fused-ring (bicyclic) bond motifs is 1. The van der Waals surface area contributed by atoms with Gasteiger partial charge in [0, 0.05) is 30.6 Å². The zero-order valence-electron chi connectivity index (χ0n) is 13.0. The van der Waals surface area contributed by atoms with E-state index in [0.717, 1.165) is 41.5 Å². The van der Waals surface area contributed by atoms with Crippen LogP contribution in [-0.4, -0.2) is 37.3 Å². The predicted octanol–water partition coefficient (Wildman–Crippen LogP) is 2.18. The van der Waals surface area contributed by atoms with Crippen LogP contribution in [0.2, 0.25) is 0 Å². The molecule has 3 rings (SSSR count). The number of carbonyl (C=O) groups is 1. The number of urea groups is 1. The molecule has 6 heteroatoms. The van der Waals surface area contributed by atoms with Gasteiger partial charge in [-0.1, -0.05) is 0 Å². The summed E-state index contributed by atoms with van der Waals surface area (Å²) in [5, 5.41) is 5.80. The first-order valence-corrected chi connectivity index (χ1v) is 8.77. The Morgan fingerprint density at radius 3 is 2.91 bits per heavy atom. The Bertz CT molecular complexity index is 561. The van der Waals surface area contributed by atoms with E-state index < -0.39 is 0 Å². The number of carbonyl (C=O) groups excluding carboxylic acids is 1. The van der Waals surface area contributed by atoms with Crippen LogP contribution in [0.4, 0.5) is 4.79 Å². The fourth-order valence-corrected chi connectivity index (χ4v) is 3.49. The monoisotopic (exact) mass is 322 g/mol. The summed E-state index contributed by atoms with van der Waals surface area (Å²) in [7, 11) is 1.65. The number of hydrogen-bond donors (Lipinski definition) is 2. The Morgan fingerprint density at radius 2 is 2.23 bits per heavy atom. The zero-order chi connectivity index (χ0) is 15.5. The van der Waals surface area contributed by atoms with Gasteiger partial charge in [-0.2, -0.15) is 11.8 Å². The van der Waals surface area contributed by atoms with Crippen molar-refractivity contribution in [1.29, 1.82) is 0 Å². The van der Waals surface area contributed by atoms with Crippen molar-refractivity contribution in [3.63, 3.8) is 0 Å². The van der Waals surface area contributed by atoms with Gasteiger partial charge in [-0.05, 0) is 36.5 Å². The number of methoxy groups -OCH3 is 1. The molecule has 1 fully saturated rings. The molecule has 2 amide bonds. The summed E-state index contributed by atoms with van der Waals surface area (Å²) in [5.41, 5.74) is 2.10. The normalized spacial score (nSPS) is 19.8. The molecule has 0 aliphatic carbocycles. The van der Waals surface area contributed by atoms with Gasteiger partial charge in [0.1, 0.15) is 17.6 Å². The van der Waals surface area contributed by atoms with E-state index in [1.807, 2.05) is 23.9 Å². The number of rotatable bonds is 5. The van der Waals surface area contributed by atoms with Crippen molar-refractivity contribution >= 4 is 17.8 Å². The quantitative estimate of drug-likeness (QED) is 0.872. The minimum Gasteiger partial charge on any atom is -0.496 e. The van der Waals surface area contributed by atoms with Crippen molar-refractivity contribution in [3.8, 4) is 11.5 Å². The summed E-state index contributed by atoms with van der Waals surface area (Å²) in [6.07, 6.45) is 1.10. The molecule has 0 aromatic heterocycles. The number of ether oxygens (including phenoxy) is 2. The molecule has 0 saturated carbocycles. The molecular formula is C16H22N2O3S. The number of thioether (sulfide) groups is 1. The van der Waals surface area contributed by atoms with Gasteiger partial charge in [0.2, 0.25) is 0 Å². The van der Waals surface area contributed by atoms with Gasteiger partial charge < -0.3 is 20.1 Å². The fourth-order valence-electron chi connectivity index (χ4n) is 2.69. The first kappa shape index (κ1) is 15.3. The first-order chi connectivity index (χ1) is 10.7. The van der Waals surface area contributed by atoms with Crippen LogP contribution in [0.5, 0.6) is 11.5 Å². The lowest BCUT2D eigenvalue weighted by Crippen LogP contribution is -2.40. The summed E-state index contributed by atoms with van der Waals surface area (Å²) in [6, 6.07) is 3.86. The van der Waals surface area contributed by atoms with Crippen LogP contribution < -0.4 is 20.1 Å². The molecule has 1 atom stereocenters. The number of nitrogens with one attached hydrogen (secondary N) is 2. The van der Waals surface area contributed by atoms with Crippen molar-refractivity contribution in [2.75, 3.05) is 25.2 Å². The highest BCUT2D eigenvalue weighted by Gasteiger charge is 2.22. The molecular weight excluding hydrogens is 300 g/mol. The second-order valence-electron chi connectivity index (χ2n) is 5.87. The van der Waals surface area contributed by atoms with Gasteiger partial charge in [0.25, 0.3) is 0 Å². The van der Waals surface area contributed by atoms with Crippen molar-refractivity contribution in [1.82, 2.24) is 10.6 Å². The van der Waals surface area contributed by atoms with Gasteiger partial charge in [0.15, 0.2) is 0 Å². The zero-order valence-corrected chi connectivity index (χ0v) is 13.8. The van der Waals surface area contributed by atoms with E-state index in [2.05, 4.69) is 17.6 Å². The second-order valence-corrected chi connectivity index (χ2v) is 6.95. The molecule has 1 aromatic rings. The topological polar surface area (TPSA) is 59.6 Å². The molecule has 2 heterocycles. The smallest absolute Gasteiger partial charge is 0.315 e. The lowest BCUT2D eigenvalue weighted by Gasteiger charge is -2.24. The molecule has 22 heavy (non-hydrogen) atoms. The molecule has 2 aliphatic heterocycles. The van der Waals surface area contributed by atoms with Gasteiger partial charge in [-0.25, -0.2) is 4.79 Å². The third-order valence-corrected chi connectivity index (χ3v) is 5.41.